The van der Waals surface area contributed by atoms with E-state index < -0.39 is 0 Å². The Morgan fingerprint density at radius 1 is 1.35 bits per heavy atom. The van der Waals surface area contributed by atoms with E-state index in [1.165, 1.54) is 48.8 Å². The maximum absolute atomic E-state index is 6.80. The molecule has 0 amide bonds. The monoisotopic (exact) mass is 289 g/mol. The van der Waals surface area contributed by atoms with Crippen molar-refractivity contribution in [3.05, 3.63) is 47.5 Å². The lowest BCUT2D eigenvalue weighted by molar-refractivity contribution is 0.310. The smallest absolute Gasteiger partial charge is 0.0627 e. The quantitative estimate of drug-likeness (QED) is 0.462. The zero-order chi connectivity index (χ0) is 14.6. The molecule has 2 unspecified atom stereocenters. The second-order valence-corrected chi connectivity index (χ2v) is 6.57. The lowest BCUT2D eigenvalue weighted by Crippen LogP contribution is -2.44. The molecule has 1 aliphatic carbocycles. The Hall–Kier alpha value is -0.730. The van der Waals surface area contributed by atoms with E-state index in [2.05, 4.69) is 50.4 Å². The molecule has 1 aliphatic rings. The van der Waals surface area contributed by atoms with Crippen LogP contribution < -0.4 is 5.73 Å². The van der Waals surface area contributed by atoms with Crippen molar-refractivity contribution in [2.75, 3.05) is 5.75 Å². The molecule has 0 spiro atoms. The van der Waals surface area contributed by atoms with E-state index >= 15 is 0 Å². The molecule has 0 aliphatic heterocycles. The van der Waals surface area contributed by atoms with Crippen LogP contribution in [0.2, 0.25) is 0 Å². The van der Waals surface area contributed by atoms with E-state index in [4.69, 9.17) is 5.73 Å². The standard InChI is InChI=1S/C18H27NS/c1-14-8-3-4-11-17(14)18(19)12-7-10-16(15(18)2)9-5-6-13-20/h3-4,8,11,16,20H,2,5-7,9-10,12-13,19H2,1H3. The van der Waals surface area contributed by atoms with E-state index in [9.17, 15) is 0 Å². The molecular weight excluding hydrogens is 262 g/mol. The van der Waals surface area contributed by atoms with Crippen LogP contribution in [0.5, 0.6) is 0 Å². The van der Waals surface area contributed by atoms with Gasteiger partial charge < -0.3 is 5.73 Å². The Morgan fingerprint density at radius 3 is 2.80 bits per heavy atom. The topological polar surface area (TPSA) is 26.0 Å². The minimum Gasteiger partial charge on any atom is -0.318 e. The molecule has 2 heteroatoms. The summed E-state index contributed by atoms with van der Waals surface area (Å²) in [6.07, 6.45) is 7.11. The average Bonchev–Trinajstić information content (AvgIpc) is 2.44. The van der Waals surface area contributed by atoms with Crippen molar-refractivity contribution in [1.82, 2.24) is 0 Å². The molecule has 110 valence electrons. The number of benzene rings is 1. The van der Waals surface area contributed by atoms with Gasteiger partial charge in [-0.2, -0.15) is 12.6 Å². The van der Waals surface area contributed by atoms with Gasteiger partial charge in [-0.05, 0) is 55.4 Å². The highest BCUT2D eigenvalue weighted by atomic mass is 32.1. The molecule has 1 saturated carbocycles. The molecule has 2 rings (SSSR count). The molecule has 2 N–H and O–H groups in total. The molecule has 0 radical (unpaired) electrons. The number of nitrogens with two attached hydrogens (primary N) is 1. The summed E-state index contributed by atoms with van der Waals surface area (Å²) < 4.78 is 0. The third-order valence-corrected chi connectivity index (χ3v) is 5.09. The summed E-state index contributed by atoms with van der Waals surface area (Å²) in [5, 5.41) is 0. The van der Waals surface area contributed by atoms with Crippen LogP contribution in [0.4, 0.5) is 0 Å². The Balaban J connectivity index is 2.18. The van der Waals surface area contributed by atoms with Crippen LogP contribution in [0.1, 0.15) is 49.7 Å². The first-order valence-corrected chi connectivity index (χ1v) is 8.38. The number of hydrogen-bond donors (Lipinski definition) is 2. The highest BCUT2D eigenvalue weighted by Gasteiger charge is 2.38. The first-order valence-electron chi connectivity index (χ1n) is 7.74. The number of thiol groups is 1. The van der Waals surface area contributed by atoms with Crippen LogP contribution in [-0.2, 0) is 5.54 Å². The SMILES string of the molecule is C=C1C(CCCCS)CCCC1(N)c1ccccc1C. The van der Waals surface area contributed by atoms with Crippen LogP contribution in [0, 0.1) is 12.8 Å². The maximum Gasteiger partial charge on any atom is 0.0627 e. The molecule has 0 aromatic heterocycles. The van der Waals surface area contributed by atoms with Gasteiger partial charge in [0.2, 0.25) is 0 Å². The Bertz CT molecular complexity index is 468. The van der Waals surface area contributed by atoms with Crippen molar-refractivity contribution in [1.29, 1.82) is 0 Å². The fraction of sp³-hybridized carbons (Fsp3) is 0.556. The van der Waals surface area contributed by atoms with Crippen molar-refractivity contribution in [2.24, 2.45) is 11.7 Å². The van der Waals surface area contributed by atoms with Gasteiger partial charge in [0.05, 0.1) is 5.54 Å². The zero-order valence-electron chi connectivity index (χ0n) is 12.6. The van der Waals surface area contributed by atoms with Crippen LogP contribution in [0.25, 0.3) is 0 Å². The summed E-state index contributed by atoms with van der Waals surface area (Å²) in [4.78, 5) is 0. The van der Waals surface area contributed by atoms with E-state index in [1.54, 1.807) is 0 Å². The lowest BCUT2D eigenvalue weighted by Gasteiger charge is -2.42. The third kappa shape index (κ3) is 3.12. The van der Waals surface area contributed by atoms with Crippen LogP contribution in [-0.4, -0.2) is 5.75 Å². The van der Waals surface area contributed by atoms with E-state index in [1.807, 2.05) is 0 Å². The van der Waals surface area contributed by atoms with Crippen molar-refractivity contribution in [3.63, 3.8) is 0 Å². The molecule has 0 saturated heterocycles. The van der Waals surface area contributed by atoms with Gasteiger partial charge in [0.1, 0.15) is 0 Å². The second kappa shape index (κ2) is 6.82. The molecule has 1 aromatic rings. The zero-order valence-corrected chi connectivity index (χ0v) is 13.5. The number of aryl methyl sites for hydroxylation is 1. The fourth-order valence-electron chi connectivity index (χ4n) is 3.53. The first kappa shape index (κ1) is 15.7. The largest absolute Gasteiger partial charge is 0.318 e. The second-order valence-electron chi connectivity index (χ2n) is 6.12. The fourth-order valence-corrected chi connectivity index (χ4v) is 3.75. The lowest BCUT2D eigenvalue weighted by atomic mass is 9.67. The molecule has 1 fully saturated rings. The van der Waals surface area contributed by atoms with Gasteiger partial charge in [-0.15, -0.1) is 0 Å². The van der Waals surface area contributed by atoms with E-state index in [0.717, 1.165) is 12.2 Å². The summed E-state index contributed by atoms with van der Waals surface area (Å²) in [5.74, 6) is 1.55. The highest BCUT2D eigenvalue weighted by Crippen LogP contribution is 2.44. The van der Waals surface area contributed by atoms with E-state index in [-0.39, 0.29) is 5.54 Å². The molecule has 1 aromatic carbocycles. The summed E-state index contributed by atoms with van der Waals surface area (Å²) in [6, 6.07) is 8.51. The van der Waals surface area contributed by atoms with Gasteiger partial charge in [-0.1, -0.05) is 49.3 Å². The van der Waals surface area contributed by atoms with Crippen LogP contribution in [0.15, 0.2) is 36.4 Å². The normalized spacial score (nSPS) is 26.8. The van der Waals surface area contributed by atoms with Crippen molar-refractivity contribution < 1.29 is 0 Å². The molecule has 20 heavy (non-hydrogen) atoms. The van der Waals surface area contributed by atoms with Crippen LogP contribution in [0.3, 0.4) is 0 Å². The summed E-state index contributed by atoms with van der Waals surface area (Å²) in [7, 11) is 0. The van der Waals surface area contributed by atoms with Crippen molar-refractivity contribution in [2.45, 2.75) is 51.0 Å². The summed E-state index contributed by atoms with van der Waals surface area (Å²) in [6.45, 7) is 6.56. The number of unbranched alkanes of at least 4 members (excludes halogenated alkanes) is 1. The third-order valence-electron chi connectivity index (χ3n) is 4.78. The minimum atomic E-state index is -0.324. The van der Waals surface area contributed by atoms with Gasteiger partial charge >= 0.3 is 0 Å². The van der Waals surface area contributed by atoms with Crippen molar-refractivity contribution >= 4 is 12.6 Å². The highest BCUT2D eigenvalue weighted by molar-refractivity contribution is 7.80. The Kier molecular flexibility index (Phi) is 5.34. The predicted octanol–water partition coefficient (Wildman–Crippen LogP) is 4.61. The van der Waals surface area contributed by atoms with Gasteiger partial charge in [0, 0.05) is 0 Å². The molecular formula is C18H27NS. The summed E-state index contributed by atoms with van der Waals surface area (Å²) in [5.41, 5.74) is 10.3. The van der Waals surface area contributed by atoms with Gasteiger partial charge in [-0.3, -0.25) is 0 Å². The minimum absolute atomic E-state index is 0.324. The average molecular weight is 289 g/mol. The predicted molar refractivity (Wildman–Crippen MR) is 91.2 cm³/mol. The first-order chi connectivity index (χ1) is 9.59. The number of hydrogen-bond acceptors (Lipinski definition) is 2. The Labute approximate surface area is 129 Å². The molecule has 1 nitrogen and oxygen atoms in total. The van der Waals surface area contributed by atoms with Gasteiger partial charge in [0.25, 0.3) is 0 Å². The maximum atomic E-state index is 6.80. The number of rotatable bonds is 5. The Morgan fingerprint density at radius 2 is 2.10 bits per heavy atom. The summed E-state index contributed by atoms with van der Waals surface area (Å²) >= 11 is 4.30. The molecule has 0 bridgehead atoms. The molecule has 0 heterocycles. The van der Waals surface area contributed by atoms with E-state index in [0.29, 0.717) is 5.92 Å². The van der Waals surface area contributed by atoms with Gasteiger partial charge in [0.15, 0.2) is 0 Å². The molecule has 2 atom stereocenters. The van der Waals surface area contributed by atoms with Gasteiger partial charge in [-0.25, -0.2) is 0 Å². The van der Waals surface area contributed by atoms with Crippen LogP contribution >= 0.6 is 12.6 Å². The van der Waals surface area contributed by atoms with Crippen molar-refractivity contribution in [3.8, 4) is 0 Å².